The van der Waals surface area contributed by atoms with E-state index in [0.717, 1.165) is 50.4 Å². The molecule has 0 N–H and O–H groups in total. The van der Waals surface area contributed by atoms with Crippen molar-refractivity contribution in [1.82, 2.24) is 14.4 Å². The van der Waals surface area contributed by atoms with Crippen LogP contribution < -0.4 is 0 Å². The SMILES string of the molecule is c1ccc(-c2nc(-c3ccccc3)c(-c3cccc4c(-c5ccccc5)c5ccccc5n34)c(-c3cccc(S(c4ccccc4)(c4ccccc4)c4ccccc4)c3)n2)cc1. The topological polar surface area (TPSA) is 30.2 Å². The number of hydrogen-bond acceptors (Lipinski definition) is 2. The zero-order chi connectivity index (χ0) is 41.3. The van der Waals surface area contributed by atoms with Crippen LogP contribution in [0.3, 0.4) is 0 Å². The smallest absolute Gasteiger partial charge is 0.160 e. The van der Waals surface area contributed by atoms with Crippen LogP contribution in [0.25, 0.3) is 72.7 Å². The number of pyridine rings is 1. The standard InChI is InChI=1S/C58H41N3S/c1-7-23-42(24-8-1)54-50-37-19-20-38-51(50)61-52(54)39-22-40-53(61)55-56(43-25-9-2-10-26-43)59-58(44-27-11-3-12-28-44)60-57(55)45-29-21-36-49(41-45)62(46-30-13-4-14-31-46,47-32-15-5-16-33-47)48-34-17-6-18-35-48/h1-41H. The zero-order valence-corrected chi connectivity index (χ0v) is 34.7. The molecular weight excluding hydrogens is 771 g/mol. The second kappa shape index (κ2) is 16.0. The van der Waals surface area contributed by atoms with Gasteiger partial charge in [0.2, 0.25) is 0 Å². The second-order valence-corrected chi connectivity index (χ2v) is 18.4. The second-order valence-electron chi connectivity index (χ2n) is 15.3. The van der Waals surface area contributed by atoms with Crippen molar-refractivity contribution in [2.75, 3.05) is 0 Å². The van der Waals surface area contributed by atoms with Crippen molar-refractivity contribution >= 4 is 26.4 Å². The van der Waals surface area contributed by atoms with Crippen LogP contribution in [0.15, 0.2) is 268 Å². The molecule has 3 nitrogen and oxygen atoms in total. The van der Waals surface area contributed by atoms with Crippen molar-refractivity contribution in [3.8, 4) is 56.3 Å². The molecule has 0 amide bonds. The minimum atomic E-state index is -1.98. The van der Waals surface area contributed by atoms with Gasteiger partial charge >= 0.3 is 0 Å². The largest absolute Gasteiger partial charge is 0.308 e. The highest BCUT2D eigenvalue weighted by atomic mass is 32.3. The van der Waals surface area contributed by atoms with Crippen molar-refractivity contribution in [1.29, 1.82) is 0 Å². The molecule has 11 aromatic rings. The van der Waals surface area contributed by atoms with Crippen LogP contribution in [0.5, 0.6) is 0 Å². The summed E-state index contributed by atoms with van der Waals surface area (Å²) >= 11 is 0. The Bertz CT molecular complexity index is 3220. The first-order valence-electron chi connectivity index (χ1n) is 21.0. The molecular formula is C58H41N3S. The molecule has 0 aliphatic rings. The molecule has 62 heavy (non-hydrogen) atoms. The summed E-state index contributed by atoms with van der Waals surface area (Å²) in [5.41, 5.74) is 11.4. The van der Waals surface area contributed by atoms with Gasteiger partial charge in [-0.25, -0.2) is 9.97 Å². The third-order valence-corrected chi connectivity index (χ3v) is 15.6. The Labute approximate surface area is 363 Å². The van der Waals surface area contributed by atoms with Gasteiger partial charge in [0.15, 0.2) is 5.82 Å². The molecule has 0 radical (unpaired) electrons. The Morgan fingerprint density at radius 2 is 0.726 bits per heavy atom. The van der Waals surface area contributed by atoms with E-state index in [1.54, 1.807) is 0 Å². The molecule has 0 aliphatic carbocycles. The number of nitrogens with zero attached hydrogens (tertiary/aromatic N) is 3. The van der Waals surface area contributed by atoms with Gasteiger partial charge in [0.05, 0.1) is 33.7 Å². The Morgan fingerprint density at radius 1 is 0.306 bits per heavy atom. The average molecular weight is 812 g/mol. The van der Waals surface area contributed by atoms with Crippen LogP contribution >= 0.6 is 10.0 Å². The summed E-state index contributed by atoms with van der Waals surface area (Å²) in [7, 11) is -1.98. The quantitative estimate of drug-likeness (QED) is 0.145. The fourth-order valence-corrected chi connectivity index (χ4v) is 13.0. The molecule has 0 bridgehead atoms. The highest BCUT2D eigenvalue weighted by Crippen LogP contribution is 2.73. The fraction of sp³-hybridized carbons (Fsp3) is 0. The third-order valence-electron chi connectivity index (χ3n) is 11.7. The minimum absolute atomic E-state index is 0.677. The zero-order valence-electron chi connectivity index (χ0n) is 33.9. The summed E-state index contributed by atoms with van der Waals surface area (Å²) in [5, 5.41) is 1.19. The van der Waals surface area contributed by atoms with Crippen LogP contribution in [0.2, 0.25) is 0 Å². The predicted molar refractivity (Wildman–Crippen MR) is 258 cm³/mol. The Hall–Kier alpha value is -7.79. The number of fused-ring (bicyclic) bond motifs is 3. The van der Waals surface area contributed by atoms with Crippen LogP contribution in [0.1, 0.15) is 0 Å². The van der Waals surface area contributed by atoms with E-state index in [1.165, 1.54) is 36.1 Å². The van der Waals surface area contributed by atoms with Gasteiger partial charge in [-0.2, -0.15) is 0 Å². The Morgan fingerprint density at radius 3 is 1.31 bits per heavy atom. The van der Waals surface area contributed by atoms with Gasteiger partial charge < -0.3 is 4.40 Å². The number of benzene rings is 8. The number of hydrogen-bond donors (Lipinski definition) is 0. The van der Waals surface area contributed by atoms with E-state index in [9.17, 15) is 0 Å². The molecule has 0 spiro atoms. The molecule has 0 saturated carbocycles. The summed E-state index contributed by atoms with van der Waals surface area (Å²) in [5.74, 6) is 0.677. The lowest BCUT2D eigenvalue weighted by Crippen LogP contribution is -2.06. The van der Waals surface area contributed by atoms with E-state index in [0.29, 0.717) is 5.82 Å². The molecule has 3 aromatic heterocycles. The maximum absolute atomic E-state index is 5.65. The summed E-state index contributed by atoms with van der Waals surface area (Å²) in [6, 6.07) is 89.4. The normalized spacial score (nSPS) is 11.8. The maximum atomic E-state index is 5.65. The van der Waals surface area contributed by atoms with E-state index in [4.69, 9.17) is 9.97 Å². The van der Waals surface area contributed by atoms with E-state index in [1.807, 2.05) is 6.07 Å². The monoisotopic (exact) mass is 811 g/mol. The highest BCUT2D eigenvalue weighted by Gasteiger charge is 2.34. The first-order valence-corrected chi connectivity index (χ1v) is 22.6. The van der Waals surface area contributed by atoms with Crippen molar-refractivity contribution < 1.29 is 0 Å². The molecule has 8 aromatic carbocycles. The number of para-hydroxylation sites is 1. The van der Waals surface area contributed by atoms with Crippen LogP contribution in [-0.2, 0) is 0 Å². The van der Waals surface area contributed by atoms with E-state index in [-0.39, 0.29) is 0 Å². The molecule has 0 fully saturated rings. The van der Waals surface area contributed by atoms with Crippen LogP contribution in [-0.4, -0.2) is 14.4 Å². The summed E-state index contributed by atoms with van der Waals surface area (Å²) in [6.45, 7) is 0. The number of rotatable bonds is 9. The van der Waals surface area contributed by atoms with Crippen molar-refractivity contribution in [3.05, 3.63) is 249 Å². The number of aromatic nitrogens is 3. The fourth-order valence-electron chi connectivity index (χ4n) is 9.04. The highest BCUT2D eigenvalue weighted by molar-refractivity contribution is 8.34. The van der Waals surface area contributed by atoms with Gasteiger partial charge in [-0.05, 0) is 72.3 Å². The van der Waals surface area contributed by atoms with Gasteiger partial charge in [0.1, 0.15) is 0 Å². The molecule has 0 saturated heterocycles. The van der Waals surface area contributed by atoms with Crippen LogP contribution in [0.4, 0.5) is 0 Å². The first kappa shape index (κ1) is 37.2. The first-order chi connectivity index (χ1) is 30.8. The lowest BCUT2D eigenvalue weighted by Gasteiger charge is -2.42. The molecule has 4 heteroatoms. The van der Waals surface area contributed by atoms with Crippen molar-refractivity contribution in [3.63, 3.8) is 0 Å². The van der Waals surface area contributed by atoms with Gasteiger partial charge in [0.25, 0.3) is 0 Å². The molecule has 0 aliphatic heterocycles. The predicted octanol–water partition coefficient (Wildman–Crippen LogP) is 15.6. The third kappa shape index (κ3) is 6.32. The lowest BCUT2D eigenvalue weighted by atomic mass is 9.96. The van der Waals surface area contributed by atoms with Gasteiger partial charge in [-0.3, -0.25) is 0 Å². The maximum Gasteiger partial charge on any atom is 0.160 e. The van der Waals surface area contributed by atoms with E-state index in [2.05, 4.69) is 247 Å². The molecule has 3 heterocycles. The van der Waals surface area contributed by atoms with Crippen molar-refractivity contribution in [2.24, 2.45) is 0 Å². The van der Waals surface area contributed by atoms with E-state index >= 15 is 0 Å². The van der Waals surface area contributed by atoms with Gasteiger partial charge in [-0.1, -0.05) is 182 Å². The summed E-state index contributed by atoms with van der Waals surface area (Å²) < 4.78 is 2.42. The molecule has 0 unspecified atom stereocenters. The summed E-state index contributed by atoms with van der Waals surface area (Å²) in [6.07, 6.45) is 0. The summed E-state index contributed by atoms with van der Waals surface area (Å²) in [4.78, 5) is 16.2. The molecule has 0 atom stereocenters. The Kier molecular flexibility index (Phi) is 9.61. The van der Waals surface area contributed by atoms with Crippen LogP contribution in [0, 0.1) is 0 Å². The Balaban J connectivity index is 1.27. The molecule has 294 valence electrons. The van der Waals surface area contributed by atoms with Gasteiger partial charge in [0, 0.05) is 47.2 Å². The van der Waals surface area contributed by atoms with E-state index < -0.39 is 10.0 Å². The minimum Gasteiger partial charge on any atom is -0.308 e. The van der Waals surface area contributed by atoms with Crippen molar-refractivity contribution in [2.45, 2.75) is 19.6 Å². The lowest BCUT2D eigenvalue weighted by molar-refractivity contribution is 1.16. The van der Waals surface area contributed by atoms with Gasteiger partial charge in [-0.15, -0.1) is 10.0 Å². The molecule has 11 rings (SSSR count). The average Bonchev–Trinajstić information content (AvgIpc) is 3.71.